The lowest BCUT2D eigenvalue weighted by molar-refractivity contribution is 0.543. The normalized spacial score (nSPS) is 22.4. The van der Waals surface area contributed by atoms with Crippen molar-refractivity contribution >= 4 is 0 Å². The van der Waals surface area contributed by atoms with Crippen molar-refractivity contribution in [3.05, 3.63) is 5.82 Å². The van der Waals surface area contributed by atoms with Gasteiger partial charge in [-0.25, -0.2) is 0 Å². The van der Waals surface area contributed by atoms with Gasteiger partial charge in [-0.3, -0.25) is 0 Å². The van der Waals surface area contributed by atoms with Gasteiger partial charge in [-0.1, -0.05) is 0 Å². The lowest BCUT2D eigenvalue weighted by Gasteiger charge is -2.04. The topological polar surface area (TPSA) is 55.6 Å². The molecule has 0 spiro atoms. The van der Waals surface area contributed by atoms with Crippen LogP contribution in [0.2, 0.25) is 0 Å². The molecule has 1 aromatic rings. The van der Waals surface area contributed by atoms with Crippen molar-refractivity contribution < 1.29 is 0 Å². The van der Waals surface area contributed by atoms with Crippen LogP contribution in [0.3, 0.4) is 0 Å². The van der Waals surface area contributed by atoms with E-state index < -0.39 is 0 Å². The maximum Gasteiger partial charge on any atom is 0.176 e. The highest BCUT2D eigenvalue weighted by atomic mass is 15.6. The molecule has 2 heterocycles. The van der Waals surface area contributed by atoms with Gasteiger partial charge in [0.1, 0.15) is 0 Å². The highest BCUT2D eigenvalue weighted by Gasteiger charge is 2.16. The maximum absolute atomic E-state index is 4.25. The number of hydrogen-bond donors (Lipinski definition) is 1. The molecule has 0 aliphatic carbocycles. The number of hydrogen-bond acceptors (Lipinski definition) is 4. The molecule has 72 valence electrons. The Morgan fingerprint density at radius 3 is 3.15 bits per heavy atom. The van der Waals surface area contributed by atoms with Crippen molar-refractivity contribution in [1.29, 1.82) is 0 Å². The Balaban J connectivity index is 1.92. The van der Waals surface area contributed by atoms with Gasteiger partial charge in [0.05, 0.1) is 6.54 Å². The van der Waals surface area contributed by atoms with Gasteiger partial charge in [0, 0.05) is 12.5 Å². The summed E-state index contributed by atoms with van der Waals surface area (Å²) in [7, 11) is 0. The van der Waals surface area contributed by atoms with Crippen LogP contribution in [0.25, 0.3) is 0 Å². The highest BCUT2D eigenvalue weighted by molar-refractivity contribution is 4.87. The number of aromatic nitrogens is 4. The van der Waals surface area contributed by atoms with Gasteiger partial charge in [-0.2, -0.15) is 4.80 Å². The van der Waals surface area contributed by atoms with Gasteiger partial charge < -0.3 is 5.32 Å². The van der Waals surface area contributed by atoms with E-state index in [0.717, 1.165) is 25.3 Å². The fraction of sp³-hybridized carbons (Fsp3) is 0.875. The van der Waals surface area contributed by atoms with Crippen molar-refractivity contribution in [3.8, 4) is 0 Å². The summed E-state index contributed by atoms with van der Waals surface area (Å²) < 4.78 is 0. The molecule has 0 aromatic carbocycles. The number of aryl methyl sites for hydroxylation is 1. The standard InChI is InChI=1S/C8H15N5/c1-2-13-11-8(10-12-13)6-7-4-3-5-9-7/h7,9H,2-6H2,1H3. The summed E-state index contributed by atoms with van der Waals surface area (Å²) >= 11 is 0. The monoisotopic (exact) mass is 181 g/mol. The molecule has 1 unspecified atom stereocenters. The summed E-state index contributed by atoms with van der Waals surface area (Å²) in [5.74, 6) is 0.862. The quantitative estimate of drug-likeness (QED) is 0.712. The Hall–Kier alpha value is -0.970. The van der Waals surface area contributed by atoms with Gasteiger partial charge in [0.15, 0.2) is 5.82 Å². The third kappa shape index (κ3) is 2.03. The van der Waals surface area contributed by atoms with Crippen LogP contribution in [0, 0.1) is 0 Å². The first-order valence-corrected chi connectivity index (χ1v) is 4.88. The van der Waals surface area contributed by atoms with E-state index >= 15 is 0 Å². The Labute approximate surface area is 77.5 Å². The van der Waals surface area contributed by atoms with Crippen LogP contribution in [-0.2, 0) is 13.0 Å². The molecular weight excluding hydrogens is 166 g/mol. The fourth-order valence-electron chi connectivity index (χ4n) is 1.64. The van der Waals surface area contributed by atoms with Gasteiger partial charge in [-0.15, -0.1) is 10.2 Å². The predicted octanol–water partition coefficient (Wildman–Crippen LogP) is -0.0125. The van der Waals surface area contributed by atoms with Crippen molar-refractivity contribution in [2.45, 2.75) is 38.8 Å². The van der Waals surface area contributed by atoms with Crippen LogP contribution < -0.4 is 5.32 Å². The number of nitrogens with zero attached hydrogens (tertiary/aromatic N) is 4. The molecule has 1 saturated heterocycles. The molecule has 0 bridgehead atoms. The first kappa shape index (κ1) is 8.62. The molecule has 13 heavy (non-hydrogen) atoms. The average Bonchev–Trinajstić information content (AvgIpc) is 2.76. The third-order valence-electron chi connectivity index (χ3n) is 2.37. The maximum atomic E-state index is 4.25. The van der Waals surface area contributed by atoms with Crippen LogP contribution in [0.1, 0.15) is 25.6 Å². The lowest BCUT2D eigenvalue weighted by Crippen LogP contribution is -2.24. The van der Waals surface area contributed by atoms with Crippen LogP contribution >= 0.6 is 0 Å². The fourth-order valence-corrected chi connectivity index (χ4v) is 1.64. The summed E-state index contributed by atoms with van der Waals surface area (Å²) in [6.07, 6.45) is 3.42. The van der Waals surface area contributed by atoms with E-state index in [1.54, 1.807) is 4.80 Å². The molecule has 1 aromatic heterocycles. The Morgan fingerprint density at radius 2 is 2.54 bits per heavy atom. The van der Waals surface area contributed by atoms with E-state index in [1.165, 1.54) is 12.8 Å². The smallest absolute Gasteiger partial charge is 0.176 e. The van der Waals surface area contributed by atoms with Crippen molar-refractivity contribution in [2.75, 3.05) is 6.54 Å². The van der Waals surface area contributed by atoms with Crippen molar-refractivity contribution in [1.82, 2.24) is 25.5 Å². The molecule has 5 heteroatoms. The number of rotatable bonds is 3. The van der Waals surface area contributed by atoms with Crippen molar-refractivity contribution in [2.24, 2.45) is 0 Å². The second-order valence-corrected chi connectivity index (χ2v) is 3.39. The Morgan fingerprint density at radius 1 is 1.62 bits per heavy atom. The molecular formula is C8H15N5. The third-order valence-corrected chi connectivity index (χ3v) is 2.37. The first-order chi connectivity index (χ1) is 6.38. The second-order valence-electron chi connectivity index (χ2n) is 3.39. The van der Waals surface area contributed by atoms with Gasteiger partial charge in [-0.05, 0) is 31.5 Å². The average molecular weight is 181 g/mol. The van der Waals surface area contributed by atoms with Gasteiger partial charge in [0.2, 0.25) is 0 Å². The highest BCUT2D eigenvalue weighted by Crippen LogP contribution is 2.08. The minimum atomic E-state index is 0.564. The first-order valence-electron chi connectivity index (χ1n) is 4.88. The zero-order chi connectivity index (χ0) is 9.10. The minimum absolute atomic E-state index is 0.564. The second kappa shape index (κ2) is 3.83. The zero-order valence-corrected chi connectivity index (χ0v) is 7.90. The summed E-state index contributed by atoms with van der Waals surface area (Å²) in [5, 5.41) is 15.6. The van der Waals surface area contributed by atoms with Crippen LogP contribution in [0.4, 0.5) is 0 Å². The van der Waals surface area contributed by atoms with Crippen LogP contribution in [0.15, 0.2) is 0 Å². The number of nitrogens with one attached hydrogen (secondary N) is 1. The molecule has 1 aliphatic heterocycles. The van der Waals surface area contributed by atoms with Crippen LogP contribution in [0.5, 0.6) is 0 Å². The Kier molecular flexibility index (Phi) is 2.54. The molecule has 2 rings (SSSR count). The van der Waals surface area contributed by atoms with E-state index in [2.05, 4.69) is 20.7 Å². The van der Waals surface area contributed by atoms with E-state index in [-0.39, 0.29) is 0 Å². The predicted molar refractivity (Wildman–Crippen MR) is 48.2 cm³/mol. The summed E-state index contributed by atoms with van der Waals surface area (Å²) in [6, 6.07) is 0.564. The molecule has 1 aliphatic rings. The van der Waals surface area contributed by atoms with E-state index in [0.29, 0.717) is 6.04 Å². The largest absolute Gasteiger partial charge is 0.314 e. The van der Waals surface area contributed by atoms with Gasteiger partial charge >= 0.3 is 0 Å². The molecule has 1 atom stereocenters. The Bertz CT molecular complexity index is 263. The van der Waals surface area contributed by atoms with E-state index in [1.807, 2.05) is 6.92 Å². The minimum Gasteiger partial charge on any atom is -0.314 e. The zero-order valence-electron chi connectivity index (χ0n) is 7.90. The summed E-state index contributed by atoms with van der Waals surface area (Å²) in [4.78, 5) is 1.63. The van der Waals surface area contributed by atoms with Crippen molar-refractivity contribution in [3.63, 3.8) is 0 Å². The molecule has 0 saturated carbocycles. The molecule has 5 nitrogen and oxygen atoms in total. The molecule has 0 amide bonds. The molecule has 1 N–H and O–H groups in total. The van der Waals surface area contributed by atoms with E-state index in [4.69, 9.17) is 0 Å². The summed E-state index contributed by atoms with van der Waals surface area (Å²) in [5.41, 5.74) is 0. The summed E-state index contributed by atoms with van der Waals surface area (Å²) in [6.45, 7) is 3.94. The number of tetrazole rings is 1. The van der Waals surface area contributed by atoms with Crippen LogP contribution in [-0.4, -0.2) is 32.8 Å². The SMILES string of the molecule is CCn1nnc(CC2CCCN2)n1. The van der Waals surface area contributed by atoms with E-state index in [9.17, 15) is 0 Å². The molecule has 1 fully saturated rings. The lowest BCUT2D eigenvalue weighted by atomic mass is 10.1. The molecule has 0 radical (unpaired) electrons. The van der Waals surface area contributed by atoms with Gasteiger partial charge in [0.25, 0.3) is 0 Å².